The number of aryl methyl sites for hydroxylation is 1. The van der Waals surface area contributed by atoms with Crippen molar-refractivity contribution in [3.8, 4) is 0 Å². The average molecular weight is 324 g/mol. The third-order valence-corrected chi connectivity index (χ3v) is 5.34. The Balaban J connectivity index is 2.19. The Hall–Kier alpha value is -1.42. The van der Waals surface area contributed by atoms with Crippen molar-refractivity contribution in [2.75, 3.05) is 11.9 Å². The molecule has 0 amide bonds. The second-order valence-electron chi connectivity index (χ2n) is 5.15. The van der Waals surface area contributed by atoms with Gasteiger partial charge in [-0.05, 0) is 25.8 Å². The number of anilines is 1. The van der Waals surface area contributed by atoms with E-state index in [0.29, 0.717) is 19.3 Å². The third-order valence-electron chi connectivity index (χ3n) is 3.58. The molecule has 1 aliphatic carbocycles. The van der Waals surface area contributed by atoms with Crippen molar-refractivity contribution in [2.24, 2.45) is 5.14 Å². The van der Waals surface area contributed by atoms with Crippen LogP contribution in [0.4, 0.5) is 19.1 Å². The molecule has 0 bridgehead atoms. The van der Waals surface area contributed by atoms with E-state index in [1.54, 1.807) is 0 Å². The van der Waals surface area contributed by atoms with Crippen molar-refractivity contribution in [3.63, 3.8) is 0 Å². The molecule has 1 saturated carbocycles. The number of sulfonamides is 1. The zero-order valence-corrected chi connectivity index (χ0v) is 12.1. The van der Waals surface area contributed by atoms with Crippen LogP contribution in [0.3, 0.4) is 0 Å². The first-order chi connectivity index (χ1) is 9.53. The van der Waals surface area contributed by atoms with Gasteiger partial charge in [-0.15, -0.1) is 0 Å². The van der Waals surface area contributed by atoms with Gasteiger partial charge in [-0.2, -0.15) is 13.2 Å². The molecule has 2 rings (SSSR count). The molecular formula is C11H15F3N4O2S. The van der Waals surface area contributed by atoms with Gasteiger partial charge in [-0.3, -0.25) is 0 Å². The summed E-state index contributed by atoms with van der Waals surface area (Å²) < 4.78 is 60.0. The molecule has 0 atom stereocenters. The normalized spacial score (nSPS) is 18.1. The Morgan fingerprint density at radius 2 is 2.00 bits per heavy atom. The van der Waals surface area contributed by atoms with Gasteiger partial charge in [0.05, 0.1) is 0 Å². The summed E-state index contributed by atoms with van der Waals surface area (Å²) >= 11 is 0. The zero-order chi connectivity index (χ0) is 15.9. The first kappa shape index (κ1) is 16.0. The van der Waals surface area contributed by atoms with Gasteiger partial charge >= 0.3 is 6.18 Å². The highest BCUT2D eigenvalue weighted by Crippen LogP contribution is 2.38. The highest BCUT2D eigenvalue weighted by molar-refractivity contribution is 7.90. The maximum atomic E-state index is 12.7. The summed E-state index contributed by atoms with van der Waals surface area (Å²) in [7, 11) is -3.79. The largest absolute Gasteiger partial charge is 0.433 e. The van der Waals surface area contributed by atoms with Crippen LogP contribution >= 0.6 is 0 Å². The molecule has 3 N–H and O–H groups in total. The Morgan fingerprint density at radius 3 is 2.43 bits per heavy atom. The van der Waals surface area contributed by atoms with E-state index in [4.69, 9.17) is 5.14 Å². The van der Waals surface area contributed by atoms with E-state index in [0.717, 1.165) is 6.07 Å². The summed E-state index contributed by atoms with van der Waals surface area (Å²) in [6, 6.07) is 0.823. The molecule has 118 valence electrons. The van der Waals surface area contributed by atoms with Crippen LogP contribution in [0.15, 0.2) is 6.07 Å². The minimum Gasteiger partial charge on any atom is -0.353 e. The van der Waals surface area contributed by atoms with Crippen molar-refractivity contribution in [1.29, 1.82) is 0 Å². The minimum absolute atomic E-state index is 0.105. The molecule has 1 heterocycles. The van der Waals surface area contributed by atoms with Crippen molar-refractivity contribution in [1.82, 2.24) is 9.97 Å². The van der Waals surface area contributed by atoms with Crippen LogP contribution in [0.25, 0.3) is 0 Å². The SMILES string of the molecule is Cc1cc(C(F)(F)F)nc(NCC2(S(N)(=O)=O)CCC2)n1. The quantitative estimate of drug-likeness (QED) is 0.873. The first-order valence-corrected chi connectivity index (χ1v) is 7.77. The molecule has 0 unspecified atom stereocenters. The summed E-state index contributed by atoms with van der Waals surface area (Å²) in [5.41, 5.74) is -0.936. The molecule has 0 saturated heterocycles. The van der Waals surface area contributed by atoms with Crippen molar-refractivity contribution in [3.05, 3.63) is 17.5 Å². The van der Waals surface area contributed by atoms with E-state index in [9.17, 15) is 21.6 Å². The van der Waals surface area contributed by atoms with Crippen LogP contribution in [-0.2, 0) is 16.2 Å². The fourth-order valence-corrected chi connectivity index (χ4v) is 3.30. The number of rotatable bonds is 4. The van der Waals surface area contributed by atoms with Gasteiger partial charge in [0.25, 0.3) is 0 Å². The Bertz CT molecular complexity index is 641. The van der Waals surface area contributed by atoms with E-state index in [1.165, 1.54) is 6.92 Å². The van der Waals surface area contributed by atoms with E-state index in [-0.39, 0.29) is 18.2 Å². The Morgan fingerprint density at radius 1 is 1.38 bits per heavy atom. The summed E-state index contributed by atoms with van der Waals surface area (Å²) in [6.45, 7) is 1.30. The monoisotopic (exact) mass is 324 g/mol. The molecule has 1 aliphatic rings. The van der Waals surface area contributed by atoms with Gasteiger partial charge in [0.2, 0.25) is 16.0 Å². The van der Waals surface area contributed by atoms with Gasteiger partial charge < -0.3 is 5.32 Å². The van der Waals surface area contributed by atoms with Gasteiger partial charge in [-0.25, -0.2) is 23.5 Å². The lowest BCUT2D eigenvalue weighted by atomic mass is 9.84. The van der Waals surface area contributed by atoms with Crippen molar-refractivity contribution >= 4 is 16.0 Å². The van der Waals surface area contributed by atoms with Crippen LogP contribution in [0, 0.1) is 6.92 Å². The van der Waals surface area contributed by atoms with E-state index in [2.05, 4.69) is 15.3 Å². The summed E-state index contributed by atoms with van der Waals surface area (Å²) in [5.74, 6) is -0.253. The maximum Gasteiger partial charge on any atom is 0.433 e. The number of aromatic nitrogens is 2. The maximum absolute atomic E-state index is 12.7. The number of halogens is 3. The molecule has 0 radical (unpaired) electrons. The molecule has 1 fully saturated rings. The van der Waals surface area contributed by atoms with E-state index < -0.39 is 26.6 Å². The highest BCUT2D eigenvalue weighted by Gasteiger charge is 2.47. The molecular weight excluding hydrogens is 309 g/mol. The van der Waals surface area contributed by atoms with E-state index >= 15 is 0 Å². The molecule has 10 heteroatoms. The van der Waals surface area contributed by atoms with Crippen LogP contribution in [0.1, 0.15) is 30.7 Å². The standard InChI is InChI=1S/C11H15F3N4O2S/c1-7-5-8(11(12,13)14)18-9(17-7)16-6-10(3-2-4-10)21(15,19)20/h5H,2-4,6H2,1H3,(H2,15,19,20)(H,16,17,18). The van der Waals surface area contributed by atoms with Gasteiger partial charge in [0, 0.05) is 12.2 Å². The van der Waals surface area contributed by atoms with E-state index in [1.807, 2.05) is 0 Å². The third kappa shape index (κ3) is 3.26. The predicted molar refractivity (Wildman–Crippen MR) is 69.9 cm³/mol. The molecule has 1 aromatic heterocycles. The number of nitrogens with two attached hydrogens (primary N) is 1. The second-order valence-corrected chi connectivity index (χ2v) is 7.11. The molecule has 21 heavy (non-hydrogen) atoms. The topological polar surface area (TPSA) is 98.0 Å². The number of primary sulfonamides is 1. The predicted octanol–water partition coefficient (Wildman–Crippen LogP) is 1.43. The number of nitrogens with zero attached hydrogens (tertiary/aromatic N) is 2. The molecule has 6 nitrogen and oxygen atoms in total. The van der Waals surface area contributed by atoms with Gasteiger partial charge in [0.1, 0.15) is 10.4 Å². The zero-order valence-electron chi connectivity index (χ0n) is 11.2. The average Bonchev–Trinajstić information content (AvgIpc) is 2.23. The van der Waals surface area contributed by atoms with Crippen LogP contribution < -0.4 is 10.5 Å². The van der Waals surface area contributed by atoms with Crippen molar-refractivity contribution < 1.29 is 21.6 Å². The lowest BCUT2D eigenvalue weighted by Crippen LogP contribution is -2.53. The number of hydrogen-bond donors (Lipinski definition) is 2. The molecule has 1 aromatic rings. The van der Waals surface area contributed by atoms with Crippen LogP contribution in [0.5, 0.6) is 0 Å². The summed E-state index contributed by atoms with van der Waals surface area (Å²) in [5, 5.41) is 7.75. The smallest absolute Gasteiger partial charge is 0.353 e. The Kier molecular flexibility index (Phi) is 3.87. The molecule has 0 aliphatic heterocycles. The lowest BCUT2D eigenvalue weighted by molar-refractivity contribution is -0.141. The van der Waals surface area contributed by atoms with Crippen LogP contribution in [0.2, 0.25) is 0 Å². The summed E-state index contributed by atoms with van der Waals surface area (Å²) in [6.07, 6.45) is -3.13. The molecule has 0 spiro atoms. The van der Waals surface area contributed by atoms with Crippen LogP contribution in [-0.4, -0.2) is 29.7 Å². The van der Waals surface area contributed by atoms with Gasteiger partial charge in [-0.1, -0.05) is 6.42 Å². The fraction of sp³-hybridized carbons (Fsp3) is 0.636. The highest BCUT2D eigenvalue weighted by atomic mass is 32.2. The summed E-state index contributed by atoms with van der Waals surface area (Å²) in [4.78, 5) is 7.20. The second kappa shape index (κ2) is 5.09. The Labute approximate surface area is 120 Å². The van der Waals surface area contributed by atoms with Crippen molar-refractivity contribution in [2.45, 2.75) is 37.1 Å². The van der Waals surface area contributed by atoms with Gasteiger partial charge in [0.15, 0.2) is 0 Å². The first-order valence-electron chi connectivity index (χ1n) is 6.23. The fourth-order valence-electron chi connectivity index (χ4n) is 2.17. The number of alkyl halides is 3. The number of hydrogen-bond acceptors (Lipinski definition) is 5. The lowest BCUT2D eigenvalue weighted by Gasteiger charge is -2.39. The number of nitrogens with one attached hydrogen (secondary N) is 1. The molecule has 0 aromatic carbocycles. The minimum atomic E-state index is -4.59.